The highest BCUT2D eigenvalue weighted by Gasteiger charge is 2.18. The Bertz CT molecular complexity index is 398. The number of likely N-dealkylation sites (N-methyl/N-ethyl adjacent to an activating group) is 1. The van der Waals surface area contributed by atoms with E-state index >= 15 is 0 Å². The second-order valence-corrected chi connectivity index (χ2v) is 5.65. The van der Waals surface area contributed by atoms with E-state index in [-0.39, 0.29) is 5.41 Å². The normalized spacial score (nSPS) is 11.6. The van der Waals surface area contributed by atoms with Gasteiger partial charge in [0.2, 0.25) is 0 Å². The van der Waals surface area contributed by atoms with Gasteiger partial charge in [0.1, 0.15) is 0 Å². The molecule has 2 heteroatoms. The quantitative estimate of drug-likeness (QED) is 0.768. The van der Waals surface area contributed by atoms with Crippen LogP contribution in [0.1, 0.15) is 31.9 Å². The molecule has 2 nitrogen and oxygen atoms in total. The molecular weight excluding hydrogens is 220 g/mol. The molecule has 0 aliphatic carbocycles. The molecule has 0 N–H and O–H groups in total. The van der Waals surface area contributed by atoms with E-state index in [1.54, 1.807) is 0 Å². The first-order valence-corrected chi connectivity index (χ1v) is 6.64. The minimum Gasteiger partial charge on any atom is -0.304 e. The van der Waals surface area contributed by atoms with Crippen molar-refractivity contribution in [2.75, 3.05) is 20.1 Å². The van der Waals surface area contributed by atoms with Gasteiger partial charge in [-0.2, -0.15) is 5.26 Å². The fraction of sp³-hybridized carbons (Fsp3) is 0.562. The number of nitrogens with zero attached hydrogens (tertiary/aromatic N) is 2. The zero-order valence-electron chi connectivity index (χ0n) is 12.0. The summed E-state index contributed by atoms with van der Waals surface area (Å²) in [5, 5.41) is 9.01. The van der Waals surface area contributed by atoms with Crippen molar-refractivity contribution in [2.45, 2.75) is 33.6 Å². The predicted octanol–water partition coefficient (Wildman–Crippen LogP) is 3.27. The van der Waals surface area contributed by atoms with Gasteiger partial charge in [0.05, 0.1) is 11.5 Å². The van der Waals surface area contributed by atoms with Gasteiger partial charge in [0.25, 0.3) is 0 Å². The number of hydrogen-bond donors (Lipinski definition) is 0. The molecule has 0 saturated carbocycles. The van der Waals surface area contributed by atoms with E-state index in [4.69, 9.17) is 5.26 Å². The number of aryl methyl sites for hydroxylation is 1. The second kappa shape index (κ2) is 6.56. The van der Waals surface area contributed by atoms with Gasteiger partial charge in [0, 0.05) is 13.1 Å². The monoisotopic (exact) mass is 244 g/mol. The van der Waals surface area contributed by atoms with Crippen LogP contribution < -0.4 is 0 Å². The molecule has 0 aliphatic rings. The lowest BCUT2D eigenvalue weighted by atomic mass is 9.95. The Balaban J connectivity index is 2.42. The molecule has 0 saturated heterocycles. The summed E-state index contributed by atoms with van der Waals surface area (Å²) >= 11 is 0. The molecule has 18 heavy (non-hydrogen) atoms. The Morgan fingerprint density at radius 3 is 2.22 bits per heavy atom. The SMILES string of the molecule is CCc1ccc(CCN(C)CC(C)(C)C#N)cc1. The topological polar surface area (TPSA) is 27.0 Å². The molecule has 0 amide bonds. The molecule has 0 heterocycles. The Kier molecular flexibility index (Phi) is 5.37. The summed E-state index contributed by atoms with van der Waals surface area (Å²) in [6, 6.07) is 11.2. The highest BCUT2D eigenvalue weighted by Crippen LogP contribution is 2.14. The molecule has 1 rings (SSSR count). The second-order valence-electron chi connectivity index (χ2n) is 5.65. The van der Waals surface area contributed by atoms with Crippen LogP contribution in [0.4, 0.5) is 0 Å². The van der Waals surface area contributed by atoms with E-state index in [9.17, 15) is 0 Å². The van der Waals surface area contributed by atoms with Crippen molar-refractivity contribution in [1.29, 1.82) is 5.26 Å². The predicted molar refractivity (Wildman–Crippen MR) is 76.4 cm³/mol. The number of benzene rings is 1. The van der Waals surface area contributed by atoms with Gasteiger partial charge >= 0.3 is 0 Å². The maximum Gasteiger partial charge on any atom is 0.0697 e. The van der Waals surface area contributed by atoms with Gasteiger partial charge in [-0.3, -0.25) is 0 Å². The number of nitriles is 1. The minimum atomic E-state index is -0.263. The Labute approximate surface area is 111 Å². The Hall–Kier alpha value is -1.33. The fourth-order valence-electron chi connectivity index (χ4n) is 2.05. The van der Waals surface area contributed by atoms with Crippen molar-refractivity contribution in [3.05, 3.63) is 35.4 Å². The molecule has 1 aromatic rings. The molecule has 0 spiro atoms. The third-order valence-corrected chi connectivity index (χ3v) is 3.18. The summed E-state index contributed by atoms with van der Waals surface area (Å²) in [6.45, 7) is 7.96. The highest BCUT2D eigenvalue weighted by atomic mass is 15.1. The number of rotatable bonds is 6. The van der Waals surface area contributed by atoms with Crippen LogP contribution in [0.5, 0.6) is 0 Å². The highest BCUT2D eigenvalue weighted by molar-refractivity contribution is 5.22. The maximum atomic E-state index is 9.01. The van der Waals surface area contributed by atoms with Crippen molar-refractivity contribution in [3.8, 4) is 6.07 Å². The molecular formula is C16H24N2. The average molecular weight is 244 g/mol. The van der Waals surface area contributed by atoms with Gasteiger partial charge in [-0.15, -0.1) is 0 Å². The van der Waals surface area contributed by atoms with Crippen molar-refractivity contribution in [2.24, 2.45) is 5.41 Å². The summed E-state index contributed by atoms with van der Waals surface area (Å²) in [6.07, 6.45) is 2.14. The summed E-state index contributed by atoms with van der Waals surface area (Å²) in [4.78, 5) is 2.23. The summed E-state index contributed by atoms with van der Waals surface area (Å²) < 4.78 is 0. The number of hydrogen-bond acceptors (Lipinski definition) is 2. The third-order valence-electron chi connectivity index (χ3n) is 3.18. The van der Waals surface area contributed by atoms with Crippen LogP contribution in [0.25, 0.3) is 0 Å². The van der Waals surface area contributed by atoms with Gasteiger partial charge in [-0.05, 0) is 44.9 Å². The lowest BCUT2D eigenvalue weighted by Gasteiger charge is -2.24. The first-order valence-electron chi connectivity index (χ1n) is 6.64. The van der Waals surface area contributed by atoms with Crippen LogP contribution in [0.2, 0.25) is 0 Å². The standard InChI is InChI=1S/C16H24N2/c1-5-14-6-8-15(9-7-14)10-11-18(4)13-16(2,3)12-17/h6-9H,5,10-11,13H2,1-4H3. The van der Waals surface area contributed by atoms with Crippen LogP contribution in [0, 0.1) is 16.7 Å². The van der Waals surface area contributed by atoms with Gasteiger partial charge < -0.3 is 4.90 Å². The first-order chi connectivity index (χ1) is 8.46. The summed E-state index contributed by atoms with van der Waals surface area (Å²) in [5.41, 5.74) is 2.49. The lowest BCUT2D eigenvalue weighted by Crippen LogP contribution is -2.31. The average Bonchev–Trinajstić information content (AvgIpc) is 2.36. The lowest BCUT2D eigenvalue weighted by molar-refractivity contribution is 0.258. The molecule has 98 valence electrons. The zero-order valence-corrected chi connectivity index (χ0v) is 12.0. The minimum absolute atomic E-state index is 0.263. The van der Waals surface area contributed by atoms with E-state index in [0.29, 0.717) is 0 Å². The fourth-order valence-corrected chi connectivity index (χ4v) is 2.05. The molecule has 0 aliphatic heterocycles. The van der Waals surface area contributed by atoms with Gasteiger partial charge in [0.15, 0.2) is 0 Å². The first kappa shape index (κ1) is 14.7. The van der Waals surface area contributed by atoms with Crippen molar-refractivity contribution < 1.29 is 0 Å². The van der Waals surface area contributed by atoms with E-state index in [0.717, 1.165) is 25.9 Å². The molecule has 0 aromatic heterocycles. The largest absolute Gasteiger partial charge is 0.304 e. The van der Waals surface area contributed by atoms with E-state index in [1.165, 1.54) is 11.1 Å². The van der Waals surface area contributed by atoms with Gasteiger partial charge in [-0.25, -0.2) is 0 Å². The van der Waals surface area contributed by atoms with E-state index < -0.39 is 0 Å². The van der Waals surface area contributed by atoms with Crippen molar-refractivity contribution >= 4 is 0 Å². The van der Waals surface area contributed by atoms with Crippen molar-refractivity contribution in [1.82, 2.24) is 4.90 Å². The summed E-state index contributed by atoms with van der Waals surface area (Å²) in [5.74, 6) is 0. The maximum absolute atomic E-state index is 9.01. The molecule has 0 atom stereocenters. The third kappa shape index (κ3) is 4.89. The van der Waals surface area contributed by atoms with Crippen molar-refractivity contribution in [3.63, 3.8) is 0 Å². The Morgan fingerprint density at radius 2 is 1.72 bits per heavy atom. The smallest absolute Gasteiger partial charge is 0.0697 e. The zero-order chi connectivity index (χ0) is 13.6. The van der Waals surface area contributed by atoms with Crippen LogP contribution in [0.3, 0.4) is 0 Å². The molecule has 0 radical (unpaired) electrons. The van der Waals surface area contributed by atoms with E-state index in [2.05, 4.69) is 49.2 Å². The van der Waals surface area contributed by atoms with Crippen LogP contribution in [-0.4, -0.2) is 25.0 Å². The molecule has 0 bridgehead atoms. The molecule has 0 unspecified atom stereocenters. The van der Waals surface area contributed by atoms with E-state index in [1.807, 2.05) is 13.8 Å². The van der Waals surface area contributed by atoms with Gasteiger partial charge in [-0.1, -0.05) is 31.2 Å². The summed E-state index contributed by atoms with van der Waals surface area (Å²) in [7, 11) is 2.08. The van der Waals surface area contributed by atoms with Crippen LogP contribution in [-0.2, 0) is 12.8 Å². The molecule has 0 fully saturated rings. The van der Waals surface area contributed by atoms with Crippen LogP contribution >= 0.6 is 0 Å². The Morgan fingerprint density at radius 1 is 1.17 bits per heavy atom. The molecule has 1 aromatic carbocycles. The van der Waals surface area contributed by atoms with Crippen LogP contribution in [0.15, 0.2) is 24.3 Å².